The molecule has 2 aromatic rings. The lowest BCUT2D eigenvalue weighted by atomic mass is 9.93. The van der Waals surface area contributed by atoms with Crippen LogP contribution < -0.4 is 9.47 Å². The first-order chi connectivity index (χ1) is 13.6. The van der Waals surface area contributed by atoms with Crippen LogP contribution >= 0.6 is 0 Å². The summed E-state index contributed by atoms with van der Waals surface area (Å²) in [4.78, 5) is 26.5. The van der Waals surface area contributed by atoms with Crippen LogP contribution in [0.4, 0.5) is 0 Å². The number of carboxylic acids is 1. The molecule has 1 aliphatic carbocycles. The first kappa shape index (κ1) is 17.1. The molecule has 3 atom stereocenters. The third kappa shape index (κ3) is 2.89. The molecule has 5 rings (SSSR count). The van der Waals surface area contributed by atoms with Gasteiger partial charge in [-0.3, -0.25) is 4.79 Å². The zero-order chi connectivity index (χ0) is 19.3. The van der Waals surface area contributed by atoms with Gasteiger partial charge in [0.15, 0.2) is 11.5 Å². The Morgan fingerprint density at radius 1 is 1.00 bits per heavy atom. The van der Waals surface area contributed by atoms with Crippen LogP contribution in [-0.4, -0.2) is 41.1 Å². The molecule has 28 heavy (non-hydrogen) atoms. The lowest BCUT2D eigenvalue weighted by Crippen LogP contribution is -2.49. The molecule has 0 spiro atoms. The predicted molar refractivity (Wildman–Crippen MR) is 100 cm³/mol. The number of amides is 1. The summed E-state index contributed by atoms with van der Waals surface area (Å²) in [5, 5.41) is 9.68. The Kier molecular flexibility index (Phi) is 4.00. The second kappa shape index (κ2) is 6.55. The van der Waals surface area contributed by atoms with Crippen LogP contribution in [0.2, 0.25) is 0 Å². The summed E-state index contributed by atoms with van der Waals surface area (Å²) in [5.74, 6) is 0.375. The van der Waals surface area contributed by atoms with E-state index in [-0.39, 0.29) is 17.7 Å². The van der Waals surface area contributed by atoms with Crippen molar-refractivity contribution in [3.63, 3.8) is 0 Å². The monoisotopic (exact) mass is 379 g/mol. The Labute approximate surface area is 162 Å². The van der Waals surface area contributed by atoms with Crippen LogP contribution in [0.5, 0.6) is 11.5 Å². The second-order valence-electron chi connectivity index (χ2n) is 7.64. The molecular formula is C22H21NO5. The Hall–Kier alpha value is -3.02. The number of ether oxygens (including phenoxy) is 2. The number of nitrogens with zero attached hydrogens (tertiary/aromatic N) is 1. The van der Waals surface area contributed by atoms with E-state index in [9.17, 15) is 14.7 Å². The van der Waals surface area contributed by atoms with E-state index in [1.54, 1.807) is 4.90 Å². The van der Waals surface area contributed by atoms with Crippen molar-refractivity contribution in [2.75, 3.05) is 13.2 Å². The fraction of sp³-hybridized carbons (Fsp3) is 0.364. The van der Waals surface area contributed by atoms with E-state index in [2.05, 4.69) is 0 Å². The normalized spacial score (nSPS) is 25.0. The van der Waals surface area contributed by atoms with Gasteiger partial charge in [-0.15, -0.1) is 0 Å². The predicted octanol–water partition coefficient (Wildman–Crippen LogP) is 2.60. The van der Waals surface area contributed by atoms with E-state index in [4.69, 9.17) is 9.47 Å². The first-order valence-electron chi connectivity index (χ1n) is 9.61. The summed E-state index contributed by atoms with van der Waals surface area (Å²) in [7, 11) is 0. The van der Waals surface area contributed by atoms with Gasteiger partial charge < -0.3 is 19.5 Å². The van der Waals surface area contributed by atoms with Crippen molar-refractivity contribution >= 4 is 11.9 Å². The number of benzene rings is 2. The molecule has 1 N–H and O–H groups in total. The van der Waals surface area contributed by atoms with Gasteiger partial charge in [0, 0.05) is 18.9 Å². The molecule has 0 aromatic heterocycles. The van der Waals surface area contributed by atoms with Crippen LogP contribution in [0, 0.1) is 5.92 Å². The van der Waals surface area contributed by atoms with Crippen LogP contribution in [-0.2, 0) is 22.6 Å². The minimum atomic E-state index is -0.945. The minimum absolute atomic E-state index is 0.0678. The van der Waals surface area contributed by atoms with Gasteiger partial charge in [-0.1, -0.05) is 30.3 Å². The summed E-state index contributed by atoms with van der Waals surface area (Å²) >= 11 is 0. The number of hydrogen-bond donors (Lipinski definition) is 1. The van der Waals surface area contributed by atoms with Gasteiger partial charge in [0.25, 0.3) is 0 Å². The van der Waals surface area contributed by atoms with Crippen molar-refractivity contribution in [1.29, 1.82) is 0 Å². The van der Waals surface area contributed by atoms with Crippen molar-refractivity contribution < 1.29 is 24.2 Å². The van der Waals surface area contributed by atoms with Crippen LogP contribution in [0.3, 0.4) is 0 Å². The molecule has 1 amide bonds. The van der Waals surface area contributed by atoms with Crippen molar-refractivity contribution in [3.8, 4) is 11.5 Å². The lowest BCUT2D eigenvalue weighted by Gasteiger charge is -2.34. The molecular weight excluding hydrogens is 358 g/mol. The van der Waals surface area contributed by atoms with E-state index >= 15 is 0 Å². The Bertz CT molecular complexity index is 956. The largest absolute Gasteiger partial charge is 0.486 e. The van der Waals surface area contributed by atoms with Gasteiger partial charge in [0.1, 0.15) is 19.3 Å². The molecule has 2 heterocycles. The van der Waals surface area contributed by atoms with Crippen LogP contribution in [0.25, 0.3) is 0 Å². The number of rotatable bonds is 3. The molecule has 6 heteroatoms. The third-order valence-electron chi connectivity index (χ3n) is 5.92. The minimum Gasteiger partial charge on any atom is -0.486 e. The summed E-state index contributed by atoms with van der Waals surface area (Å²) in [6.07, 6.45) is 1.10. The summed E-state index contributed by atoms with van der Waals surface area (Å²) in [6.45, 7) is 1.43. The summed E-state index contributed by atoms with van der Waals surface area (Å²) in [5.41, 5.74) is 3.09. The second-order valence-corrected chi connectivity index (χ2v) is 7.64. The molecule has 6 nitrogen and oxygen atoms in total. The van der Waals surface area contributed by atoms with E-state index in [0.29, 0.717) is 26.2 Å². The molecule has 2 aliphatic heterocycles. The number of carbonyl (C=O) groups excluding carboxylic acids is 1. The number of hydrogen-bond acceptors (Lipinski definition) is 4. The van der Waals surface area contributed by atoms with Crippen molar-refractivity contribution in [1.82, 2.24) is 4.90 Å². The summed E-state index contributed by atoms with van der Waals surface area (Å²) < 4.78 is 11.2. The third-order valence-corrected chi connectivity index (χ3v) is 5.92. The highest BCUT2D eigenvalue weighted by Gasteiger charge is 2.48. The molecule has 1 saturated carbocycles. The van der Waals surface area contributed by atoms with Crippen LogP contribution in [0.15, 0.2) is 42.5 Å². The molecule has 1 fully saturated rings. The SMILES string of the molecule is O=C(O)[C@@H]1Cc2ccccc2CN1C(=O)[C@H]1C[C@H]1c1ccc2c(c1)OCCO2. The van der Waals surface area contributed by atoms with Crippen molar-refractivity contribution in [3.05, 3.63) is 59.2 Å². The molecule has 3 aliphatic rings. The smallest absolute Gasteiger partial charge is 0.326 e. The fourth-order valence-electron chi connectivity index (χ4n) is 4.32. The maximum Gasteiger partial charge on any atom is 0.326 e. The Morgan fingerprint density at radius 3 is 2.54 bits per heavy atom. The van der Waals surface area contributed by atoms with Gasteiger partial charge in [0.05, 0.1) is 0 Å². The van der Waals surface area contributed by atoms with Gasteiger partial charge in [0.2, 0.25) is 5.91 Å². The highest BCUT2D eigenvalue weighted by molar-refractivity contribution is 5.88. The van der Waals surface area contributed by atoms with Gasteiger partial charge in [-0.25, -0.2) is 4.79 Å². The highest BCUT2D eigenvalue weighted by Crippen LogP contribution is 2.50. The van der Waals surface area contributed by atoms with E-state index < -0.39 is 12.0 Å². The number of carboxylic acid groups (broad SMARTS) is 1. The average molecular weight is 379 g/mol. The standard InChI is InChI=1S/C22H21NO5/c24-21(23-12-15-4-2-1-3-13(15)9-18(23)22(25)26)17-11-16(17)14-5-6-19-20(10-14)28-8-7-27-19/h1-6,10,16-18H,7-9,11-12H2,(H,25,26)/t16-,17-,18-/m0/s1. The topological polar surface area (TPSA) is 76.1 Å². The molecule has 0 saturated heterocycles. The van der Waals surface area contributed by atoms with Crippen LogP contribution in [0.1, 0.15) is 29.0 Å². The highest BCUT2D eigenvalue weighted by atomic mass is 16.6. The molecule has 144 valence electrons. The number of aliphatic carboxylic acids is 1. The fourth-order valence-corrected chi connectivity index (χ4v) is 4.32. The van der Waals surface area contributed by atoms with E-state index in [1.165, 1.54) is 0 Å². The number of carbonyl (C=O) groups is 2. The zero-order valence-electron chi connectivity index (χ0n) is 15.3. The van der Waals surface area contributed by atoms with Crippen molar-refractivity contribution in [2.24, 2.45) is 5.92 Å². The molecule has 0 unspecified atom stereocenters. The molecule has 0 radical (unpaired) electrons. The quantitative estimate of drug-likeness (QED) is 0.887. The van der Waals surface area contributed by atoms with E-state index in [0.717, 1.165) is 34.6 Å². The maximum absolute atomic E-state index is 13.2. The van der Waals surface area contributed by atoms with Gasteiger partial charge in [-0.05, 0) is 41.2 Å². The summed E-state index contributed by atoms with van der Waals surface area (Å²) in [6, 6.07) is 12.8. The lowest BCUT2D eigenvalue weighted by molar-refractivity contribution is -0.152. The molecule has 0 bridgehead atoms. The van der Waals surface area contributed by atoms with Gasteiger partial charge in [-0.2, -0.15) is 0 Å². The average Bonchev–Trinajstić information content (AvgIpc) is 3.52. The van der Waals surface area contributed by atoms with Crippen molar-refractivity contribution in [2.45, 2.75) is 31.3 Å². The Morgan fingerprint density at radius 2 is 1.75 bits per heavy atom. The van der Waals surface area contributed by atoms with Gasteiger partial charge >= 0.3 is 5.97 Å². The molecule has 2 aromatic carbocycles. The maximum atomic E-state index is 13.2. The Balaban J connectivity index is 1.36. The number of fused-ring (bicyclic) bond motifs is 2. The first-order valence-corrected chi connectivity index (χ1v) is 9.61. The zero-order valence-corrected chi connectivity index (χ0v) is 15.3. The van der Waals surface area contributed by atoms with E-state index in [1.807, 2.05) is 42.5 Å².